The van der Waals surface area contributed by atoms with Crippen molar-refractivity contribution >= 4 is 11.6 Å². The van der Waals surface area contributed by atoms with Crippen LogP contribution >= 0.6 is 0 Å². The number of piperidine rings is 1. The number of likely N-dealkylation sites (tertiary alicyclic amines) is 2. The molecule has 0 amide bonds. The third-order valence-electron chi connectivity index (χ3n) is 8.14. The summed E-state index contributed by atoms with van der Waals surface area (Å²) in [7, 11) is 0. The fourth-order valence-electron chi connectivity index (χ4n) is 5.59. The van der Waals surface area contributed by atoms with E-state index >= 15 is 0 Å². The zero-order valence-corrected chi connectivity index (χ0v) is 20.0. The van der Waals surface area contributed by atoms with Gasteiger partial charge in [0.2, 0.25) is 0 Å². The van der Waals surface area contributed by atoms with Gasteiger partial charge in [0.1, 0.15) is 17.4 Å². The van der Waals surface area contributed by atoms with Crippen LogP contribution in [0.15, 0.2) is 12.3 Å². The molecule has 4 unspecified atom stereocenters. The Morgan fingerprint density at radius 2 is 1.74 bits per heavy atom. The van der Waals surface area contributed by atoms with Crippen LogP contribution < -0.4 is 4.90 Å². The van der Waals surface area contributed by atoms with Gasteiger partial charge in [-0.3, -0.25) is 14.6 Å². The summed E-state index contributed by atoms with van der Waals surface area (Å²) in [6, 6.07) is 3.96. The normalized spacial score (nSPS) is 27.4. The van der Waals surface area contributed by atoms with Crippen molar-refractivity contribution in [1.82, 2.24) is 19.8 Å². The first-order valence-electron chi connectivity index (χ1n) is 12.6. The van der Waals surface area contributed by atoms with Gasteiger partial charge in [-0.15, -0.1) is 0 Å². The molecule has 0 aromatic carbocycles. The van der Waals surface area contributed by atoms with Crippen molar-refractivity contribution in [1.29, 1.82) is 0 Å². The van der Waals surface area contributed by atoms with Crippen LogP contribution in [-0.2, 0) is 4.79 Å². The van der Waals surface area contributed by atoms with Crippen LogP contribution in [0.2, 0.25) is 0 Å². The quantitative estimate of drug-likeness (QED) is 0.630. The Bertz CT molecular complexity index is 733. The molecule has 3 aliphatic heterocycles. The lowest BCUT2D eigenvalue weighted by atomic mass is 9.95. The monoisotopic (exact) mass is 427 g/mol. The van der Waals surface area contributed by atoms with Gasteiger partial charge in [-0.05, 0) is 64.6 Å². The number of aromatic nitrogens is 2. The van der Waals surface area contributed by atoms with E-state index in [0.717, 1.165) is 57.1 Å². The van der Waals surface area contributed by atoms with Crippen molar-refractivity contribution in [3.63, 3.8) is 0 Å². The number of anilines is 1. The molecule has 0 saturated carbocycles. The van der Waals surface area contributed by atoms with E-state index in [9.17, 15) is 4.79 Å². The largest absolute Gasteiger partial charge is 0.348 e. The van der Waals surface area contributed by atoms with E-state index in [-0.39, 0.29) is 5.92 Å². The maximum atomic E-state index is 12.3. The number of hydrogen-bond donors (Lipinski definition) is 0. The molecular formula is C25H41N5O. The summed E-state index contributed by atoms with van der Waals surface area (Å²) in [5.41, 5.74) is 0. The highest BCUT2D eigenvalue weighted by atomic mass is 16.1. The van der Waals surface area contributed by atoms with Gasteiger partial charge in [-0.2, -0.15) is 0 Å². The predicted molar refractivity (Wildman–Crippen MR) is 126 cm³/mol. The Balaban J connectivity index is 1.37. The second-order valence-corrected chi connectivity index (χ2v) is 10.1. The number of hydrogen-bond acceptors (Lipinski definition) is 6. The number of ketones is 1. The molecule has 0 radical (unpaired) electrons. The van der Waals surface area contributed by atoms with Gasteiger partial charge in [-0.1, -0.05) is 20.8 Å². The molecule has 0 spiro atoms. The Morgan fingerprint density at radius 3 is 2.35 bits per heavy atom. The Morgan fingerprint density at radius 1 is 1.06 bits per heavy atom. The number of fused-ring (bicyclic) bond motifs is 2. The zero-order chi connectivity index (χ0) is 22.0. The lowest BCUT2D eigenvalue weighted by Gasteiger charge is -2.44. The molecule has 2 bridgehead atoms. The van der Waals surface area contributed by atoms with Gasteiger partial charge in [0.05, 0.1) is 6.54 Å². The first-order valence-corrected chi connectivity index (χ1v) is 12.6. The average Bonchev–Trinajstić information content (AvgIpc) is 3.07. The van der Waals surface area contributed by atoms with Gasteiger partial charge >= 0.3 is 0 Å². The summed E-state index contributed by atoms with van der Waals surface area (Å²) in [6.07, 6.45) is 8.77. The van der Waals surface area contributed by atoms with Crippen molar-refractivity contribution in [2.75, 3.05) is 37.6 Å². The molecule has 0 N–H and O–H groups in total. The molecule has 4 atom stereocenters. The second-order valence-electron chi connectivity index (χ2n) is 10.1. The van der Waals surface area contributed by atoms with E-state index in [2.05, 4.69) is 46.5 Å². The van der Waals surface area contributed by atoms with Gasteiger partial charge < -0.3 is 4.90 Å². The van der Waals surface area contributed by atoms with E-state index < -0.39 is 0 Å². The van der Waals surface area contributed by atoms with Gasteiger partial charge in [0, 0.05) is 49.2 Å². The highest BCUT2D eigenvalue weighted by molar-refractivity contribution is 5.82. The van der Waals surface area contributed by atoms with Crippen LogP contribution in [0.5, 0.6) is 0 Å². The Hall–Kier alpha value is -1.53. The van der Waals surface area contributed by atoms with E-state index in [1.54, 1.807) is 0 Å². The SMILES string of the molecule is CCC(C)C(=O)CN1CCC(c2nccc(N3C4CCC3CN(C(C)CC)C4)n2)CC1. The first kappa shape index (κ1) is 22.7. The molecule has 4 rings (SSSR count). The minimum absolute atomic E-state index is 0.175. The Labute approximate surface area is 188 Å². The van der Waals surface area contributed by atoms with Crippen molar-refractivity contribution in [3.8, 4) is 0 Å². The van der Waals surface area contributed by atoms with Crippen LogP contribution in [0.3, 0.4) is 0 Å². The number of carbonyl (C=O) groups is 1. The van der Waals surface area contributed by atoms with Crippen molar-refractivity contribution in [2.24, 2.45) is 5.92 Å². The summed E-state index contributed by atoms with van der Waals surface area (Å²) in [5.74, 6) is 3.11. The third kappa shape index (κ3) is 4.95. The number of rotatable bonds is 8. The molecule has 31 heavy (non-hydrogen) atoms. The van der Waals surface area contributed by atoms with Gasteiger partial charge in [-0.25, -0.2) is 9.97 Å². The Kier molecular flexibility index (Phi) is 7.27. The standard InChI is InChI=1S/C25H41N5O/c1-5-18(3)23(31)17-28-13-10-20(11-14-28)25-26-12-9-24(27-25)30-21-7-8-22(30)16-29(15-21)19(4)6-2/h9,12,18-22H,5-8,10-11,13-17H2,1-4H3. The summed E-state index contributed by atoms with van der Waals surface area (Å²) in [5, 5.41) is 0. The van der Waals surface area contributed by atoms with Crippen LogP contribution in [0.1, 0.15) is 78.0 Å². The topological polar surface area (TPSA) is 52.6 Å². The molecule has 3 saturated heterocycles. The lowest BCUT2D eigenvalue weighted by molar-refractivity contribution is -0.123. The number of piperazine rings is 1. The third-order valence-corrected chi connectivity index (χ3v) is 8.14. The van der Waals surface area contributed by atoms with E-state index in [1.165, 1.54) is 19.3 Å². The molecule has 3 aliphatic rings. The molecule has 1 aromatic heterocycles. The molecule has 0 aliphatic carbocycles. The average molecular weight is 428 g/mol. The van der Waals surface area contributed by atoms with Gasteiger partial charge in [0.25, 0.3) is 0 Å². The number of nitrogens with zero attached hydrogens (tertiary/aromatic N) is 5. The minimum Gasteiger partial charge on any atom is -0.348 e. The van der Waals surface area contributed by atoms with E-state index in [1.807, 2.05) is 13.1 Å². The molecule has 1 aromatic rings. The fraction of sp³-hybridized carbons (Fsp3) is 0.800. The van der Waals surface area contributed by atoms with Crippen LogP contribution in [0.25, 0.3) is 0 Å². The van der Waals surface area contributed by atoms with Crippen molar-refractivity contribution in [2.45, 2.75) is 90.3 Å². The summed E-state index contributed by atoms with van der Waals surface area (Å²) in [6.45, 7) is 13.7. The number of Topliss-reactive ketones (excluding diaryl/α,β-unsaturated/α-hetero) is 1. The van der Waals surface area contributed by atoms with Gasteiger partial charge in [0.15, 0.2) is 0 Å². The summed E-state index contributed by atoms with van der Waals surface area (Å²) >= 11 is 0. The zero-order valence-electron chi connectivity index (χ0n) is 20.0. The molecule has 4 heterocycles. The number of carbonyl (C=O) groups excluding carboxylic acids is 1. The smallest absolute Gasteiger partial charge is 0.149 e. The van der Waals surface area contributed by atoms with Crippen molar-refractivity contribution in [3.05, 3.63) is 18.1 Å². The minimum atomic E-state index is 0.175. The first-order chi connectivity index (χ1) is 15.0. The summed E-state index contributed by atoms with van der Waals surface area (Å²) in [4.78, 5) is 29.7. The molecule has 6 heteroatoms. The molecular weight excluding hydrogens is 386 g/mol. The van der Waals surface area contributed by atoms with E-state index in [0.29, 0.717) is 36.4 Å². The van der Waals surface area contributed by atoms with Crippen LogP contribution in [0, 0.1) is 5.92 Å². The lowest BCUT2D eigenvalue weighted by Crippen LogP contribution is -2.56. The maximum Gasteiger partial charge on any atom is 0.149 e. The van der Waals surface area contributed by atoms with Crippen molar-refractivity contribution < 1.29 is 4.79 Å². The maximum absolute atomic E-state index is 12.3. The van der Waals surface area contributed by atoms with E-state index in [4.69, 9.17) is 4.98 Å². The fourth-order valence-corrected chi connectivity index (χ4v) is 5.59. The predicted octanol–water partition coefficient (Wildman–Crippen LogP) is 3.72. The molecule has 6 nitrogen and oxygen atoms in total. The summed E-state index contributed by atoms with van der Waals surface area (Å²) < 4.78 is 0. The molecule has 3 fully saturated rings. The highest BCUT2D eigenvalue weighted by Gasteiger charge is 2.41. The highest BCUT2D eigenvalue weighted by Crippen LogP contribution is 2.35. The van der Waals surface area contributed by atoms with Crippen LogP contribution in [-0.4, -0.2) is 76.4 Å². The van der Waals surface area contributed by atoms with Crippen LogP contribution in [0.4, 0.5) is 5.82 Å². The molecule has 172 valence electrons. The second kappa shape index (κ2) is 9.95.